The third-order valence-electron chi connectivity index (χ3n) is 2.76. The van der Waals surface area contributed by atoms with Crippen molar-refractivity contribution in [3.8, 4) is 5.75 Å². The van der Waals surface area contributed by atoms with Crippen molar-refractivity contribution in [2.75, 3.05) is 7.11 Å². The Hall–Kier alpha value is -2.10. The number of benzene rings is 1. The molecule has 16 heavy (non-hydrogen) atoms. The molecule has 0 saturated heterocycles. The zero-order chi connectivity index (χ0) is 11.1. The van der Waals surface area contributed by atoms with E-state index in [1.807, 2.05) is 29.8 Å². The largest absolute Gasteiger partial charge is 0.494 e. The highest BCUT2D eigenvalue weighted by atomic mass is 16.5. The number of ether oxygens (including phenoxy) is 1. The Kier molecular flexibility index (Phi) is 1.83. The van der Waals surface area contributed by atoms with Crippen molar-refractivity contribution < 1.29 is 4.74 Å². The van der Waals surface area contributed by atoms with E-state index in [1.54, 1.807) is 19.6 Å². The lowest BCUT2D eigenvalue weighted by atomic mass is 10.2. The molecular formula is C12H11N3O. The molecule has 2 aromatic heterocycles. The first-order valence-electron chi connectivity index (χ1n) is 5.04. The van der Waals surface area contributed by atoms with Gasteiger partial charge in [0.2, 0.25) is 0 Å². The van der Waals surface area contributed by atoms with Crippen molar-refractivity contribution in [2.45, 2.75) is 0 Å². The number of aryl methyl sites for hydroxylation is 1. The Bertz CT molecular complexity index is 672. The normalized spacial score (nSPS) is 11.1. The van der Waals surface area contributed by atoms with Gasteiger partial charge in [-0.05, 0) is 6.07 Å². The van der Waals surface area contributed by atoms with Crippen molar-refractivity contribution >= 4 is 21.9 Å². The molecule has 4 heteroatoms. The van der Waals surface area contributed by atoms with Gasteiger partial charge in [0.05, 0.1) is 25.2 Å². The molecule has 80 valence electrons. The molecule has 4 nitrogen and oxygen atoms in total. The first-order chi connectivity index (χ1) is 7.81. The number of nitrogens with zero attached hydrogens (tertiary/aromatic N) is 3. The number of hydrogen-bond acceptors (Lipinski definition) is 3. The minimum absolute atomic E-state index is 0.792. The van der Waals surface area contributed by atoms with Crippen LogP contribution in [0.1, 0.15) is 0 Å². The van der Waals surface area contributed by atoms with E-state index in [9.17, 15) is 0 Å². The first-order valence-corrected chi connectivity index (χ1v) is 5.04. The molecular weight excluding hydrogens is 202 g/mol. The third kappa shape index (κ3) is 1.10. The van der Waals surface area contributed by atoms with Crippen molar-refractivity contribution in [1.82, 2.24) is 14.5 Å². The average Bonchev–Trinajstić information content (AvgIpc) is 2.70. The van der Waals surface area contributed by atoms with Crippen LogP contribution in [0.3, 0.4) is 0 Å². The van der Waals surface area contributed by atoms with Gasteiger partial charge in [0.25, 0.3) is 0 Å². The number of para-hydroxylation sites is 1. The Morgan fingerprint density at radius 1 is 1.25 bits per heavy atom. The number of rotatable bonds is 1. The maximum absolute atomic E-state index is 5.30. The smallest absolute Gasteiger partial charge is 0.145 e. The second kappa shape index (κ2) is 3.20. The van der Waals surface area contributed by atoms with Crippen LogP contribution in [0.4, 0.5) is 0 Å². The summed E-state index contributed by atoms with van der Waals surface area (Å²) in [6.07, 6.45) is 3.57. The maximum atomic E-state index is 5.30. The van der Waals surface area contributed by atoms with Crippen molar-refractivity contribution in [2.24, 2.45) is 7.05 Å². The zero-order valence-corrected chi connectivity index (χ0v) is 9.14. The van der Waals surface area contributed by atoms with E-state index in [1.165, 1.54) is 0 Å². The van der Waals surface area contributed by atoms with E-state index in [4.69, 9.17) is 4.74 Å². The molecule has 1 aromatic carbocycles. The summed E-state index contributed by atoms with van der Waals surface area (Å²) in [6, 6.07) is 5.92. The fourth-order valence-corrected chi connectivity index (χ4v) is 2.01. The number of hydrogen-bond donors (Lipinski definition) is 0. The van der Waals surface area contributed by atoms with Crippen LogP contribution in [0.5, 0.6) is 5.75 Å². The van der Waals surface area contributed by atoms with Gasteiger partial charge in [-0.25, -0.2) is 9.97 Å². The molecule has 0 spiro atoms. The number of fused-ring (bicyclic) bond motifs is 3. The van der Waals surface area contributed by atoms with Crippen LogP contribution in [0.25, 0.3) is 21.9 Å². The van der Waals surface area contributed by atoms with Crippen LogP contribution in [-0.4, -0.2) is 21.6 Å². The Morgan fingerprint density at radius 2 is 2.12 bits per heavy atom. The fourth-order valence-electron chi connectivity index (χ4n) is 2.01. The summed E-state index contributed by atoms with van der Waals surface area (Å²) in [5, 5.41) is 1.07. The molecule has 3 rings (SSSR count). The van der Waals surface area contributed by atoms with Gasteiger partial charge < -0.3 is 9.30 Å². The molecule has 0 atom stereocenters. The Labute approximate surface area is 92.5 Å². The molecule has 0 fully saturated rings. The van der Waals surface area contributed by atoms with Crippen molar-refractivity contribution in [3.05, 3.63) is 30.7 Å². The van der Waals surface area contributed by atoms with Crippen molar-refractivity contribution in [1.29, 1.82) is 0 Å². The second-order valence-corrected chi connectivity index (χ2v) is 3.70. The fraction of sp³-hybridized carbons (Fsp3) is 0.167. The summed E-state index contributed by atoms with van der Waals surface area (Å²) < 4.78 is 7.30. The predicted molar refractivity (Wildman–Crippen MR) is 62.6 cm³/mol. The topological polar surface area (TPSA) is 39.9 Å². The molecule has 0 unspecified atom stereocenters. The zero-order valence-electron chi connectivity index (χ0n) is 9.14. The molecule has 0 N–H and O–H groups in total. The highest BCUT2D eigenvalue weighted by molar-refractivity contribution is 6.04. The van der Waals surface area contributed by atoms with E-state index in [0.29, 0.717) is 0 Å². The van der Waals surface area contributed by atoms with Crippen LogP contribution in [0.15, 0.2) is 30.7 Å². The third-order valence-corrected chi connectivity index (χ3v) is 2.76. The van der Waals surface area contributed by atoms with Gasteiger partial charge in [-0.1, -0.05) is 12.1 Å². The number of methoxy groups -OCH3 is 1. The van der Waals surface area contributed by atoms with Gasteiger partial charge in [0.15, 0.2) is 0 Å². The predicted octanol–water partition coefficient (Wildman–Crippen LogP) is 2.13. The number of pyridine rings is 1. The maximum Gasteiger partial charge on any atom is 0.145 e. The van der Waals surface area contributed by atoms with Gasteiger partial charge >= 0.3 is 0 Å². The van der Waals surface area contributed by atoms with E-state index in [0.717, 1.165) is 27.7 Å². The minimum Gasteiger partial charge on any atom is -0.494 e. The summed E-state index contributed by atoms with van der Waals surface area (Å²) in [5.74, 6) is 0.792. The lowest BCUT2D eigenvalue weighted by Gasteiger charge is -2.05. The first kappa shape index (κ1) is 9.15. The van der Waals surface area contributed by atoms with E-state index >= 15 is 0 Å². The standard InChI is InChI=1S/C12H11N3O/c1-15-7-14-9-6-13-11-8(12(9)15)4-3-5-10(11)16-2/h3-7H,1-2H3. The molecule has 0 radical (unpaired) electrons. The second-order valence-electron chi connectivity index (χ2n) is 3.70. The summed E-state index contributed by atoms with van der Waals surface area (Å²) in [5.41, 5.74) is 2.87. The molecule has 0 saturated carbocycles. The highest BCUT2D eigenvalue weighted by Crippen LogP contribution is 2.28. The average molecular weight is 213 g/mol. The van der Waals surface area contributed by atoms with Crippen LogP contribution < -0.4 is 4.74 Å². The van der Waals surface area contributed by atoms with Crippen LogP contribution in [-0.2, 0) is 7.05 Å². The summed E-state index contributed by atoms with van der Waals surface area (Å²) in [6.45, 7) is 0. The SMILES string of the molecule is COc1cccc2c1ncc1ncn(C)c12. The summed E-state index contributed by atoms with van der Waals surface area (Å²) in [4.78, 5) is 8.68. The quantitative estimate of drug-likeness (QED) is 0.621. The van der Waals surface area contributed by atoms with E-state index in [-0.39, 0.29) is 0 Å². The van der Waals surface area contributed by atoms with Gasteiger partial charge in [-0.15, -0.1) is 0 Å². The Morgan fingerprint density at radius 3 is 2.94 bits per heavy atom. The van der Waals surface area contributed by atoms with Gasteiger partial charge in [0, 0.05) is 12.4 Å². The van der Waals surface area contributed by atoms with Gasteiger partial charge in [-0.2, -0.15) is 0 Å². The summed E-state index contributed by atoms with van der Waals surface area (Å²) in [7, 11) is 3.64. The van der Waals surface area contributed by atoms with E-state index < -0.39 is 0 Å². The molecule has 3 aromatic rings. The molecule has 0 bridgehead atoms. The molecule has 0 amide bonds. The number of aromatic nitrogens is 3. The van der Waals surface area contributed by atoms with Crippen molar-refractivity contribution in [3.63, 3.8) is 0 Å². The van der Waals surface area contributed by atoms with Gasteiger partial charge in [0.1, 0.15) is 16.8 Å². The van der Waals surface area contributed by atoms with E-state index in [2.05, 4.69) is 9.97 Å². The summed E-state index contributed by atoms with van der Waals surface area (Å²) >= 11 is 0. The molecule has 0 aliphatic heterocycles. The van der Waals surface area contributed by atoms with Crippen LogP contribution >= 0.6 is 0 Å². The van der Waals surface area contributed by atoms with Crippen LogP contribution in [0, 0.1) is 0 Å². The van der Waals surface area contributed by atoms with Gasteiger partial charge in [-0.3, -0.25) is 0 Å². The molecule has 0 aliphatic rings. The minimum atomic E-state index is 0.792. The lowest BCUT2D eigenvalue weighted by Crippen LogP contribution is -1.90. The number of imidazole rings is 1. The molecule has 0 aliphatic carbocycles. The monoisotopic (exact) mass is 213 g/mol. The van der Waals surface area contributed by atoms with Crippen LogP contribution in [0.2, 0.25) is 0 Å². The Balaban J connectivity index is 2.55. The lowest BCUT2D eigenvalue weighted by molar-refractivity contribution is 0.419. The molecule has 2 heterocycles. The highest BCUT2D eigenvalue weighted by Gasteiger charge is 2.09.